The van der Waals surface area contributed by atoms with Gasteiger partial charge >= 0.3 is 0 Å². The van der Waals surface area contributed by atoms with E-state index in [0.717, 1.165) is 17.0 Å². The molecule has 1 aromatic rings. The van der Waals surface area contributed by atoms with E-state index >= 15 is 0 Å². The van der Waals surface area contributed by atoms with Gasteiger partial charge in [-0.3, -0.25) is 4.21 Å². The van der Waals surface area contributed by atoms with Crippen LogP contribution in [0.5, 0.6) is 0 Å². The van der Waals surface area contributed by atoms with Crippen LogP contribution in [0, 0.1) is 13.8 Å². The van der Waals surface area contributed by atoms with Crippen molar-refractivity contribution in [3.05, 3.63) is 29.3 Å². The molecule has 1 atom stereocenters. The van der Waals surface area contributed by atoms with Gasteiger partial charge in [-0.05, 0) is 38.1 Å². The lowest BCUT2D eigenvalue weighted by atomic mass is 10.2. The van der Waals surface area contributed by atoms with Crippen LogP contribution >= 0.6 is 0 Å². The number of hydrogen-bond acceptors (Lipinski definition) is 2. The van der Waals surface area contributed by atoms with E-state index < -0.39 is 10.8 Å². The summed E-state index contributed by atoms with van der Waals surface area (Å²) in [6.45, 7) is 4.82. The van der Waals surface area contributed by atoms with Gasteiger partial charge in [0.2, 0.25) is 0 Å². The van der Waals surface area contributed by atoms with Crippen molar-refractivity contribution in [1.82, 2.24) is 5.32 Å². The van der Waals surface area contributed by atoms with E-state index in [4.69, 9.17) is 0 Å². The van der Waals surface area contributed by atoms with Crippen LogP contribution in [-0.2, 0) is 10.8 Å². The lowest BCUT2D eigenvalue weighted by Gasteiger charge is -2.06. The fraction of sp³-hybridized carbons (Fsp3) is 0.455. The molecule has 1 unspecified atom stereocenters. The Morgan fingerprint density at radius 1 is 1.36 bits per heavy atom. The molecule has 78 valence electrons. The average Bonchev–Trinajstić information content (AvgIpc) is 2.18. The molecule has 0 saturated carbocycles. The molecule has 0 spiro atoms. The Morgan fingerprint density at radius 3 is 2.71 bits per heavy atom. The molecule has 1 aromatic carbocycles. The summed E-state index contributed by atoms with van der Waals surface area (Å²) >= 11 is 0. The van der Waals surface area contributed by atoms with E-state index in [1.54, 1.807) is 0 Å². The maximum Gasteiger partial charge on any atom is 0.0545 e. The van der Waals surface area contributed by atoms with E-state index in [0.29, 0.717) is 5.75 Å². The lowest BCUT2D eigenvalue weighted by Crippen LogP contribution is -2.16. The first kappa shape index (κ1) is 11.4. The van der Waals surface area contributed by atoms with Crippen LogP contribution in [0.15, 0.2) is 23.1 Å². The average molecular weight is 211 g/mol. The van der Waals surface area contributed by atoms with Gasteiger partial charge in [-0.1, -0.05) is 12.1 Å². The first-order valence-electron chi connectivity index (χ1n) is 4.75. The summed E-state index contributed by atoms with van der Waals surface area (Å²) in [5.41, 5.74) is 2.29. The van der Waals surface area contributed by atoms with E-state index in [-0.39, 0.29) is 0 Å². The highest BCUT2D eigenvalue weighted by molar-refractivity contribution is 7.85. The summed E-state index contributed by atoms with van der Waals surface area (Å²) in [7, 11) is 1.01. The van der Waals surface area contributed by atoms with Gasteiger partial charge in [-0.2, -0.15) is 0 Å². The summed E-state index contributed by atoms with van der Waals surface area (Å²) < 4.78 is 11.8. The van der Waals surface area contributed by atoms with Crippen LogP contribution in [0.3, 0.4) is 0 Å². The zero-order chi connectivity index (χ0) is 10.6. The Morgan fingerprint density at radius 2 is 2.07 bits per heavy atom. The summed E-state index contributed by atoms with van der Waals surface area (Å²) in [4.78, 5) is 0.972. The van der Waals surface area contributed by atoms with Crippen molar-refractivity contribution >= 4 is 10.8 Å². The predicted octanol–water partition coefficient (Wildman–Crippen LogP) is 1.63. The zero-order valence-electron chi connectivity index (χ0n) is 8.96. The molecule has 0 radical (unpaired) electrons. The van der Waals surface area contributed by atoms with Crippen molar-refractivity contribution < 1.29 is 4.21 Å². The standard InChI is InChI=1S/C11H17NOS/c1-9-4-5-10(2)11(8-9)14(13)7-6-12-3/h4-5,8,12H,6-7H2,1-3H3. The fourth-order valence-corrected chi connectivity index (χ4v) is 2.61. The van der Waals surface area contributed by atoms with Crippen LogP contribution in [0.4, 0.5) is 0 Å². The van der Waals surface area contributed by atoms with E-state index in [1.165, 1.54) is 5.56 Å². The van der Waals surface area contributed by atoms with Gasteiger partial charge in [0.05, 0.1) is 10.8 Å². The van der Waals surface area contributed by atoms with Crippen LogP contribution in [0.2, 0.25) is 0 Å². The number of hydrogen-bond donors (Lipinski definition) is 1. The Bertz CT molecular complexity index is 336. The molecule has 0 aliphatic rings. The summed E-state index contributed by atoms with van der Waals surface area (Å²) in [6.07, 6.45) is 0. The Kier molecular flexibility index (Phi) is 4.29. The van der Waals surface area contributed by atoms with Crippen molar-refractivity contribution in [3.8, 4) is 0 Å². The smallest absolute Gasteiger partial charge is 0.0545 e. The summed E-state index contributed by atoms with van der Waals surface area (Å²) in [6, 6.07) is 6.09. The highest BCUT2D eigenvalue weighted by atomic mass is 32.2. The second-order valence-corrected chi connectivity index (χ2v) is 4.96. The lowest BCUT2D eigenvalue weighted by molar-refractivity contribution is 0.679. The van der Waals surface area contributed by atoms with Gasteiger partial charge in [0.25, 0.3) is 0 Å². The Labute approximate surface area is 88.2 Å². The molecular formula is C11H17NOS. The second-order valence-electron chi connectivity index (χ2n) is 3.42. The van der Waals surface area contributed by atoms with E-state index in [2.05, 4.69) is 5.32 Å². The van der Waals surface area contributed by atoms with Crippen LogP contribution in [-0.4, -0.2) is 23.6 Å². The van der Waals surface area contributed by atoms with E-state index in [9.17, 15) is 4.21 Å². The Balaban J connectivity index is 2.83. The number of aryl methyl sites for hydroxylation is 2. The SMILES string of the molecule is CNCCS(=O)c1cc(C)ccc1C. The van der Waals surface area contributed by atoms with Gasteiger partial charge in [0, 0.05) is 17.2 Å². The highest BCUT2D eigenvalue weighted by Crippen LogP contribution is 2.14. The first-order chi connectivity index (χ1) is 6.65. The largest absolute Gasteiger partial charge is 0.319 e. The summed E-state index contributed by atoms with van der Waals surface area (Å²) in [5, 5.41) is 3.01. The molecule has 0 amide bonds. The molecule has 0 aliphatic heterocycles. The molecule has 0 aliphatic carbocycles. The normalized spacial score (nSPS) is 12.8. The molecule has 1 rings (SSSR count). The van der Waals surface area contributed by atoms with Gasteiger partial charge in [-0.15, -0.1) is 0 Å². The van der Waals surface area contributed by atoms with Gasteiger partial charge in [-0.25, -0.2) is 0 Å². The maximum atomic E-state index is 11.8. The monoisotopic (exact) mass is 211 g/mol. The van der Waals surface area contributed by atoms with Gasteiger partial charge in [0.1, 0.15) is 0 Å². The molecular weight excluding hydrogens is 194 g/mol. The third-order valence-corrected chi connectivity index (χ3v) is 3.63. The van der Waals surface area contributed by atoms with Crippen LogP contribution in [0.1, 0.15) is 11.1 Å². The molecule has 0 aromatic heterocycles. The zero-order valence-corrected chi connectivity index (χ0v) is 9.78. The molecule has 2 nitrogen and oxygen atoms in total. The molecule has 3 heteroatoms. The van der Waals surface area contributed by atoms with E-state index in [1.807, 2.05) is 39.1 Å². The molecule has 0 saturated heterocycles. The van der Waals surface area contributed by atoms with Crippen LogP contribution < -0.4 is 5.32 Å². The molecule has 0 fully saturated rings. The molecule has 14 heavy (non-hydrogen) atoms. The predicted molar refractivity (Wildman–Crippen MR) is 61.1 cm³/mol. The fourth-order valence-electron chi connectivity index (χ4n) is 1.26. The highest BCUT2D eigenvalue weighted by Gasteiger charge is 2.06. The topological polar surface area (TPSA) is 29.1 Å². The van der Waals surface area contributed by atoms with Crippen molar-refractivity contribution in [1.29, 1.82) is 0 Å². The Hall–Kier alpha value is -0.670. The van der Waals surface area contributed by atoms with Gasteiger partial charge < -0.3 is 5.32 Å². The quantitative estimate of drug-likeness (QED) is 0.820. The first-order valence-corrected chi connectivity index (χ1v) is 6.07. The van der Waals surface area contributed by atoms with Crippen molar-refractivity contribution in [2.24, 2.45) is 0 Å². The third-order valence-electron chi connectivity index (χ3n) is 2.13. The van der Waals surface area contributed by atoms with Gasteiger partial charge in [0.15, 0.2) is 0 Å². The number of benzene rings is 1. The third kappa shape index (κ3) is 2.93. The maximum absolute atomic E-state index is 11.8. The van der Waals surface area contributed by atoms with Crippen molar-refractivity contribution in [2.45, 2.75) is 18.7 Å². The minimum absolute atomic E-state index is 0.681. The molecule has 0 heterocycles. The summed E-state index contributed by atoms with van der Waals surface area (Å²) in [5.74, 6) is 0.681. The van der Waals surface area contributed by atoms with Crippen LogP contribution in [0.25, 0.3) is 0 Å². The molecule has 1 N–H and O–H groups in total. The number of rotatable bonds is 4. The minimum Gasteiger partial charge on any atom is -0.319 e. The minimum atomic E-state index is -0.868. The second kappa shape index (κ2) is 5.27. The number of nitrogens with one attached hydrogen (secondary N) is 1. The van der Waals surface area contributed by atoms with Crippen molar-refractivity contribution in [2.75, 3.05) is 19.3 Å². The van der Waals surface area contributed by atoms with Crippen molar-refractivity contribution in [3.63, 3.8) is 0 Å². The molecule has 0 bridgehead atoms.